The van der Waals surface area contributed by atoms with Crippen LogP contribution in [0.3, 0.4) is 0 Å². The second-order valence-corrected chi connectivity index (χ2v) is 6.63. The number of halogens is 1. The lowest BCUT2D eigenvalue weighted by molar-refractivity contribution is 0.289. The highest BCUT2D eigenvalue weighted by Crippen LogP contribution is 2.22. The SMILES string of the molecule is CC1CCN(S(=O)(=O)Nc2cc(N)cc(F)c2)CC1. The van der Waals surface area contributed by atoms with Gasteiger partial charge in [-0.15, -0.1) is 0 Å². The maximum Gasteiger partial charge on any atom is 0.301 e. The number of nitrogen functional groups attached to an aromatic ring is 1. The van der Waals surface area contributed by atoms with E-state index < -0.39 is 16.0 Å². The average molecular weight is 287 g/mol. The van der Waals surface area contributed by atoms with E-state index in [2.05, 4.69) is 11.6 Å². The van der Waals surface area contributed by atoms with Crippen LogP contribution in [0.1, 0.15) is 19.8 Å². The van der Waals surface area contributed by atoms with Crippen LogP contribution in [0, 0.1) is 11.7 Å². The van der Waals surface area contributed by atoms with Gasteiger partial charge in [0.15, 0.2) is 0 Å². The molecular formula is C12H18FN3O2S. The fourth-order valence-corrected chi connectivity index (χ4v) is 3.35. The summed E-state index contributed by atoms with van der Waals surface area (Å²) in [7, 11) is -3.63. The molecule has 5 nitrogen and oxygen atoms in total. The van der Waals surface area contributed by atoms with E-state index in [1.54, 1.807) is 0 Å². The monoisotopic (exact) mass is 287 g/mol. The smallest absolute Gasteiger partial charge is 0.301 e. The molecule has 1 aromatic carbocycles. The van der Waals surface area contributed by atoms with Crippen LogP contribution in [-0.2, 0) is 10.2 Å². The summed E-state index contributed by atoms with van der Waals surface area (Å²) in [5, 5.41) is 0. The van der Waals surface area contributed by atoms with Crippen LogP contribution in [0.15, 0.2) is 18.2 Å². The number of anilines is 2. The van der Waals surface area contributed by atoms with Crippen molar-refractivity contribution in [2.45, 2.75) is 19.8 Å². The van der Waals surface area contributed by atoms with Crippen molar-refractivity contribution < 1.29 is 12.8 Å². The molecular weight excluding hydrogens is 269 g/mol. The first kappa shape index (κ1) is 14.1. The van der Waals surface area contributed by atoms with E-state index in [1.807, 2.05) is 0 Å². The standard InChI is InChI=1S/C12H18FN3O2S/c1-9-2-4-16(5-3-9)19(17,18)15-12-7-10(13)6-11(14)8-12/h6-9,15H,2-5,14H2,1H3. The Balaban J connectivity index is 2.12. The van der Waals surface area contributed by atoms with Crippen LogP contribution < -0.4 is 10.5 Å². The molecule has 1 aromatic rings. The van der Waals surface area contributed by atoms with Crippen molar-refractivity contribution in [1.29, 1.82) is 0 Å². The Labute approximate surface area is 112 Å². The van der Waals surface area contributed by atoms with Gasteiger partial charge in [0.05, 0.1) is 5.69 Å². The number of hydrogen-bond acceptors (Lipinski definition) is 3. The van der Waals surface area contributed by atoms with Crippen molar-refractivity contribution in [3.05, 3.63) is 24.0 Å². The summed E-state index contributed by atoms with van der Waals surface area (Å²) in [4.78, 5) is 0. The molecule has 7 heteroatoms. The number of nitrogens with zero attached hydrogens (tertiary/aromatic N) is 1. The molecule has 1 aliphatic heterocycles. The van der Waals surface area contributed by atoms with Crippen molar-refractivity contribution in [1.82, 2.24) is 4.31 Å². The lowest BCUT2D eigenvalue weighted by Crippen LogP contribution is -2.41. The summed E-state index contributed by atoms with van der Waals surface area (Å²) in [6.45, 7) is 3.08. The minimum Gasteiger partial charge on any atom is -0.399 e. The van der Waals surface area contributed by atoms with Crippen LogP contribution in [0.2, 0.25) is 0 Å². The Morgan fingerprint density at radius 2 is 1.95 bits per heavy atom. The zero-order valence-corrected chi connectivity index (χ0v) is 11.6. The molecule has 0 aromatic heterocycles. The lowest BCUT2D eigenvalue weighted by Gasteiger charge is -2.29. The van der Waals surface area contributed by atoms with Crippen molar-refractivity contribution in [2.75, 3.05) is 23.5 Å². The van der Waals surface area contributed by atoms with E-state index in [9.17, 15) is 12.8 Å². The van der Waals surface area contributed by atoms with E-state index in [0.29, 0.717) is 19.0 Å². The molecule has 3 N–H and O–H groups in total. The number of nitrogens with one attached hydrogen (secondary N) is 1. The molecule has 1 heterocycles. The fourth-order valence-electron chi connectivity index (χ4n) is 2.11. The molecule has 0 aliphatic carbocycles. The van der Waals surface area contributed by atoms with Gasteiger partial charge in [0.2, 0.25) is 0 Å². The molecule has 0 atom stereocenters. The topological polar surface area (TPSA) is 75.4 Å². The highest BCUT2D eigenvalue weighted by atomic mass is 32.2. The van der Waals surface area contributed by atoms with Gasteiger partial charge < -0.3 is 5.73 Å². The molecule has 0 bridgehead atoms. The minimum absolute atomic E-state index is 0.149. The van der Waals surface area contributed by atoms with Crippen LogP contribution in [-0.4, -0.2) is 25.8 Å². The molecule has 2 rings (SSSR count). The third-order valence-electron chi connectivity index (χ3n) is 3.25. The first-order valence-electron chi connectivity index (χ1n) is 6.21. The highest BCUT2D eigenvalue weighted by molar-refractivity contribution is 7.90. The number of piperidine rings is 1. The van der Waals surface area contributed by atoms with Crippen molar-refractivity contribution in [3.8, 4) is 0 Å². The van der Waals surface area contributed by atoms with Gasteiger partial charge >= 0.3 is 10.2 Å². The second-order valence-electron chi connectivity index (χ2n) is 4.96. The lowest BCUT2D eigenvalue weighted by atomic mass is 10.0. The van der Waals surface area contributed by atoms with Gasteiger partial charge in [-0.1, -0.05) is 6.92 Å². The summed E-state index contributed by atoms with van der Waals surface area (Å²) in [5.41, 5.74) is 5.82. The van der Waals surface area contributed by atoms with Crippen molar-refractivity contribution >= 4 is 21.6 Å². The first-order chi connectivity index (χ1) is 8.87. The zero-order valence-electron chi connectivity index (χ0n) is 10.8. The quantitative estimate of drug-likeness (QED) is 0.832. The second kappa shape index (κ2) is 5.34. The molecule has 19 heavy (non-hydrogen) atoms. The summed E-state index contributed by atoms with van der Waals surface area (Å²) < 4.78 is 41.2. The van der Waals surface area contributed by atoms with E-state index >= 15 is 0 Å². The molecule has 0 unspecified atom stereocenters. The Hall–Kier alpha value is -1.34. The Morgan fingerprint density at radius 1 is 1.32 bits per heavy atom. The normalized spacial score (nSPS) is 18.4. The Kier molecular flexibility index (Phi) is 3.96. The number of nitrogens with two attached hydrogens (primary N) is 1. The summed E-state index contributed by atoms with van der Waals surface area (Å²) in [5.74, 6) is -0.0266. The number of rotatable bonds is 3. The van der Waals surface area contributed by atoms with Gasteiger partial charge in [0.1, 0.15) is 5.82 Å². The van der Waals surface area contributed by atoms with Crippen molar-refractivity contribution in [2.24, 2.45) is 5.92 Å². The molecule has 1 saturated heterocycles. The molecule has 1 fully saturated rings. The number of hydrogen-bond donors (Lipinski definition) is 2. The van der Waals surface area contributed by atoms with Crippen LogP contribution in [0.5, 0.6) is 0 Å². The molecule has 0 amide bonds. The van der Waals surface area contributed by atoms with Gasteiger partial charge in [-0.25, -0.2) is 4.39 Å². The molecule has 0 spiro atoms. The molecule has 106 valence electrons. The predicted octanol–water partition coefficient (Wildman–Crippen LogP) is 1.80. The van der Waals surface area contributed by atoms with Crippen LogP contribution in [0.4, 0.5) is 15.8 Å². The number of benzene rings is 1. The third-order valence-corrected chi connectivity index (χ3v) is 4.79. The maximum absolute atomic E-state index is 13.2. The Morgan fingerprint density at radius 3 is 2.53 bits per heavy atom. The summed E-state index contributed by atoms with van der Waals surface area (Å²) >= 11 is 0. The van der Waals surface area contributed by atoms with Crippen molar-refractivity contribution in [3.63, 3.8) is 0 Å². The van der Waals surface area contributed by atoms with Gasteiger partial charge in [-0.05, 0) is 37.0 Å². The molecule has 1 aliphatic rings. The van der Waals surface area contributed by atoms with Gasteiger partial charge in [-0.2, -0.15) is 12.7 Å². The Bertz CT molecular complexity index is 534. The fraction of sp³-hybridized carbons (Fsp3) is 0.500. The molecule has 0 saturated carbocycles. The van der Waals surface area contributed by atoms with E-state index in [0.717, 1.165) is 25.0 Å². The molecule has 0 radical (unpaired) electrons. The maximum atomic E-state index is 13.2. The van der Waals surface area contributed by atoms with Crippen LogP contribution in [0.25, 0.3) is 0 Å². The van der Waals surface area contributed by atoms with Gasteiger partial charge in [-0.3, -0.25) is 4.72 Å². The van der Waals surface area contributed by atoms with Gasteiger partial charge in [0.25, 0.3) is 0 Å². The summed E-state index contributed by atoms with van der Waals surface area (Å²) in [6, 6.07) is 3.65. The minimum atomic E-state index is -3.63. The van der Waals surface area contributed by atoms with E-state index in [-0.39, 0.29) is 11.4 Å². The highest BCUT2D eigenvalue weighted by Gasteiger charge is 2.26. The summed E-state index contributed by atoms with van der Waals surface area (Å²) in [6.07, 6.45) is 1.68. The van der Waals surface area contributed by atoms with E-state index in [1.165, 1.54) is 10.4 Å². The largest absolute Gasteiger partial charge is 0.399 e. The third kappa shape index (κ3) is 3.57. The predicted molar refractivity (Wildman–Crippen MR) is 73.3 cm³/mol. The van der Waals surface area contributed by atoms with Gasteiger partial charge in [0, 0.05) is 18.8 Å². The van der Waals surface area contributed by atoms with Crippen LogP contribution >= 0.6 is 0 Å². The average Bonchev–Trinajstić information content (AvgIpc) is 2.27. The zero-order chi connectivity index (χ0) is 14.0. The first-order valence-corrected chi connectivity index (χ1v) is 7.65. The van der Waals surface area contributed by atoms with E-state index in [4.69, 9.17) is 5.73 Å².